The minimum absolute atomic E-state index is 0.140. The minimum atomic E-state index is -0.140. The molecule has 0 aliphatic carbocycles. The molecule has 0 amide bonds. The van der Waals surface area contributed by atoms with Gasteiger partial charge < -0.3 is 5.32 Å². The molecule has 2 rings (SSSR count). The fourth-order valence-corrected chi connectivity index (χ4v) is 3.24. The zero-order chi connectivity index (χ0) is 11.5. The normalized spacial score (nSPS) is 11.2. The second-order valence-corrected chi connectivity index (χ2v) is 5.06. The fraction of sp³-hybridized carbons (Fsp3) is 0.385. The van der Waals surface area contributed by atoms with Crippen LogP contribution in [0.25, 0.3) is 10.1 Å². The van der Waals surface area contributed by atoms with Crippen molar-refractivity contribution in [3.63, 3.8) is 0 Å². The van der Waals surface area contributed by atoms with Crippen LogP contribution in [-0.2, 0) is 13.0 Å². The summed E-state index contributed by atoms with van der Waals surface area (Å²) in [4.78, 5) is 1.34. The van der Waals surface area contributed by atoms with Gasteiger partial charge >= 0.3 is 0 Å². The quantitative estimate of drug-likeness (QED) is 0.854. The summed E-state index contributed by atoms with van der Waals surface area (Å²) in [5.74, 6) is -0.140. The Morgan fingerprint density at radius 3 is 2.88 bits per heavy atom. The van der Waals surface area contributed by atoms with Crippen LogP contribution >= 0.6 is 11.3 Å². The Morgan fingerprint density at radius 1 is 1.38 bits per heavy atom. The predicted molar refractivity (Wildman–Crippen MR) is 68.5 cm³/mol. The molecule has 3 heteroatoms. The zero-order valence-corrected chi connectivity index (χ0v) is 10.5. The summed E-state index contributed by atoms with van der Waals surface area (Å²) in [7, 11) is 1.95. The van der Waals surface area contributed by atoms with Crippen molar-refractivity contribution in [2.45, 2.75) is 26.3 Å². The van der Waals surface area contributed by atoms with Crippen LogP contribution in [0.5, 0.6) is 0 Å². The highest BCUT2D eigenvalue weighted by molar-refractivity contribution is 7.19. The van der Waals surface area contributed by atoms with Gasteiger partial charge in [0.25, 0.3) is 0 Å². The van der Waals surface area contributed by atoms with E-state index in [1.807, 2.05) is 13.1 Å². The Bertz CT molecular complexity index is 490. The molecule has 0 saturated heterocycles. The second kappa shape index (κ2) is 4.93. The lowest BCUT2D eigenvalue weighted by atomic mass is 10.1. The molecular weight excluding hydrogens is 221 g/mol. The Hall–Kier alpha value is -0.930. The average Bonchev–Trinajstić information content (AvgIpc) is 2.58. The monoisotopic (exact) mass is 237 g/mol. The first-order chi connectivity index (χ1) is 7.76. The lowest BCUT2D eigenvalue weighted by Gasteiger charge is -2.02. The summed E-state index contributed by atoms with van der Waals surface area (Å²) in [6.07, 6.45) is 2.12. The van der Waals surface area contributed by atoms with Gasteiger partial charge in [-0.25, -0.2) is 4.39 Å². The number of nitrogens with one attached hydrogen (secondary N) is 1. The van der Waals surface area contributed by atoms with Crippen LogP contribution in [0.3, 0.4) is 0 Å². The third-order valence-electron chi connectivity index (χ3n) is 2.67. The molecule has 0 fully saturated rings. The van der Waals surface area contributed by atoms with E-state index >= 15 is 0 Å². The number of rotatable bonds is 4. The van der Waals surface area contributed by atoms with Gasteiger partial charge in [0.1, 0.15) is 5.82 Å². The van der Waals surface area contributed by atoms with Gasteiger partial charge in [-0.05, 0) is 42.6 Å². The molecule has 0 atom stereocenters. The van der Waals surface area contributed by atoms with Crippen LogP contribution in [0.4, 0.5) is 4.39 Å². The molecule has 86 valence electrons. The molecule has 0 spiro atoms. The lowest BCUT2D eigenvalue weighted by molar-refractivity contribution is 0.629. The Labute approximate surface area is 99.3 Å². The third kappa shape index (κ3) is 2.11. The average molecular weight is 237 g/mol. The van der Waals surface area contributed by atoms with Gasteiger partial charge in [0, 0.05) is 16.1 Å². The van der Waals surface area contributed by atoms with E-state index in [0.29, 0.717) is 0 Å². The molecule has 1 heterocycles. The molecule has 0 saturated carbocycles. The largest absolute Gasteiger partial charge is 0.315 e. The summed E-state index contributed by atoms with van der Waals surface area (Å²) in [5.41, 5.74) is 1.32. The maximum Gasteiger partial charge on any atom is 0.123 e. The standard InChI is InChI=1S/C13H16FNS/c1-3-4-10-11-7-9(14)5-6-12(11)16-13(10)8-15-2/h5-7,15H,3-4,8H2,1-2H3. The summed E-state index contributed by atoms with van der Waals surface area (Å²) in [5, 5.41) is 4.27. The highest BCUT2D eigenvalue weighted by Crippen LogP contribution is 2.32. The molecular formula is C13H16FNS. The van der Waals surface area contributed by atoms with Gasteiger partial charge in [0.05, 0.1) is 0 Å². The van der Waals surface area contributed by atoms with Gasteiger partial charge in [0.2, 0.25) is 0 Å². The van der Waals surface area contributed by atoms with Crippen LogP contribution in [0, 0.1) is 5.82 Å². The van der Waals surface area contributed by atoms with Gasteiger partial charge in [-0.2, -0.15) is 0 Å². The van der Waals surface area contributed by atoms with E-state index in [4.69, 9.17) is 0 Å². The lowest BCUT2D eigenvalue weighted by Crippen LogP contribution is -2.05. The summed E-state index contributed by atoms with van der Waals surface area (Å²) in [6, 6.07) is 5.08. The van der Waals surface area contributed by atoms with Crippen molar-refractivity contribution in [1.29, 1.82) is 0 Å². The van der Waals surface area contributed by atoms with E-state index in [1.54, 1.807) is 17.4 Å². The molecule has 0 aliphatic rings. The smallest absolute Gasteiger partial charge is 0.123 e. The maximum atomic E-state index is 13.2. The topological polar surface area (TPSA) is 12.0 Å². The summed E-state index contributed by atoms with van der Waals surface area (Å²) >= 11 is 1.77. The summed E-state index contributed by atoms with van der Waals surface area (Å²) in [6.45, 7) is 3.03. The van der Waals surface area contributed by atoms with Gasteiger partial charge in [-0.15, -0.1) is 11.3 Å². The Morgan fingerprint density at radius 2 is 2.19 bits per heavy atom. The third-order valence-corrected chi connectivity index (χ3v) is 3.89. The van der Waals surface area contributed by atoms with Crippen LogP contribution in [0.1, 0.15) is 23.8 Å². The Kier molecular flexibility index (Phi) is 3.56. The number of hydrogen-bond donors (Lipinski definition) is 1. The van der Waals surface area contributed by atoms with Crippen molar-refractivity contribution in [1.82, 2.24) is 5.32 Å². The van der Waals surface area contributed by atoms with Crippen molar-refractivity contribution in [3.05, 3.63) is 34.5 Å². The molecule has 16 heavy (non-hydrogen) atoms. The number of halogens is 1. The second-order valence-electron chi connectivity index (χ2n) is 3.92. The van der Waals surface area contributed by atoms with Crippen molar-refractivity contribution in [2.75, 3.05) is 7.05 Å². The number of thiophene rings is 1. The first-order valence-electron chi connectivity index (χ1n) is 5.60. The van der Waals surface area contributed by atoms with Gasteiger partial charge in [-0.3, -0.25) is 0 Å². The van der Waals surface area contributed by atoms with E-state index in [1.165, 1.54) is 21.2 Å². The number of benzene rings is 1. The molecule has 2 aromatic rings. The number of fused-ring (bicyclic) bond motifs is 1. The van der Waals surface area contributed by atoms with Gasteiger partial charge in [-0.1, -0.05) is 13.3 Å². The van der Waals surface area contributed by atoms with Crippen LogP contribution < -0.4 is 5.32 Å². The van der Waals surface area contributed by atoms with Crippen molar-refractivity contribution < 1.29 is 4.39 Å². The molecule has 0 unspecified atom stereocenters. The van der Waals surface area contributed by atoms with Crippen molar-refractivity contribution >= 4 is 21.4 Å². The highest BCUT2D eigenvalue weighted by Gasteiger charge is 2.11. The SMILES string of the molecule is CCCc1c(CNC)sc2ccc(F)cc12. The molecule has 1 nitrogen and oxygen atoms in total. The molecule has 0 bridgehead atoms. The van der Waals surface area contributed by atoms with E-state index in [9.17, 15) is 4.39 Å². The highest BCUT2D eigenvalue weighted by atomic mass is 32.1. The zero-order valence-electron chi connectivity index (χ0n) is 9.64. The van der Waals surface area contributed by atoms with E-state index in [2.05, 4.69) is 12.2 Å². The van der Waals surface area contributed by atoms with E-state index in [-0.39, 0.29) is 5.82 Å². The van der Waals surface area contributed by atoms with E-state index < -0.39 is 0 Å². The van der Waals surface area contributed by atoms with Crippen molar-refractivity contribution in [3.8, 4) is 0 Å². The number of aryl methyl sites for hydroxylation is 1. The fourth-order valence-electron chi connectivity index (χ4n) is 2.00. The predicted octanol–water partition coefficient (Wildman–Crippen LogP) is 3.71. The summed E-state index contributed by atoms with van der Waals surface area (Å²) < 4.78 is 14.4. The molecule has 1 aromatic heterocycles. The maximum absolute atomic E-state index is 13.2. The van der Waals surface area contributed by atoms with Crippen LogP contribution in [0.15, 0.2) is 18.2 Å². The molecule has 0 aliphatic heterocycles. The van der Waals surface area contributed by atoms with Gasteiger partial charge in [0.15, 0.2) is 0 Å². The molecule has 0 radical (unpaired) electrons. The molecule has 1 N–H and O–H groups in total. The number of hydrogen-bond acceptors (Lipinski definition) is 2. The first kappa shape index (κ1) is 11.6. The Balaban J connectivity index is 2.57. The van der Waals surface area contributed by atoms with Crippen LogP contribution in [0.2, 0.25) is 0 Å². The first-order valence-corrected chi connectivity index (χ1v) is 6.42. The van der Waals surface area contributed by atoms with E-state index in [0.717, 1.165) is 24.8 Å². The van der Waals surface area contributed by atoms with Crippen LogP contribution in [-0.4, -0.2) is 7.05 Å². The minimum Gasteiger partial charge on any atom is -0.315 e. The molecule has 1 aromatic carbocycles. The van der Waals surface area contributed by atoms with Crippen molar-refractivity contribution in [2.24, 2.45) is 0 Å².